The van der Waals surface area contributed by atoms with Crippen LogP contribution in [0.1, 0.15) is 17.2 Å². The third-order valence-electron chi connectivity index (χ3n) is 1.79. The molecule has 0 fully saturated rings. The Kier molecular flexibility index (Phi) is 2.93. The van der Waals surface area contributed by atoms with Crippen LogP contribution in [-0.2, 0) is 0 Å². The van der Waals surface area contributed by atoms with Crippen LogP contribution >= 0.6 is 0 Å². The highest BCUT2D eigenvalue weighted by Crippen LogP contribution is 2.21. The fourth-order valence-corrected chi connectivity index (χ4v) is 1.04. The lowest BCUT2D eigenvalue weighted by Gasteiger charge is -2.11. The van der Waals surface area contributed by atoms with Crippen molar-refractivity contribution in [2.75, 3.05) is 0 Å². The van der Waals surface area contributed by atoms with Crippen molar-refractivity contribution in [2.45, 2.75) is 19.4 Å². The fraction of sp³-hybridized carbons (Fsp3) is 0.333. The second-order valence-electron chi connectivity index (χ2n) is 2.89. The van der Waals surface area contributed by atoms with E-state index in [0.717, 1.165) is 0 Å². The maximum Gasteiger partial charge on any atom is 0.257 e. The molecule has 0 radical (unpaired) electrons. The predicted molar refractivity (Wildman–Crippen MR) is 44.1 cm³/mol. The van der Waals surface area contributed by atoms with Gasteiger partial charge < -0.3 is 5.73 Å². The summed E-state index contributed by atoms with van der Waals surface area (Å²) in [6.45, 7) is 1.68. The molecule has 13 heavy (non-hydrogen) atoms. The minimum absolute atomic E-state index is 0.138. The number of nitrogens with two attached hydrogens (primary N) is 1. The Morgan fingerprint density at radius 2 is 1.92 bits per heavy atom. The second-order valence-corrected chi connectivity index (χ2v) is 2.89. The monoisotopic (exact) mass is 189 g/mol. The van der Waals surface area contributed by atoms with E-state index >= 15 is 0 Å². The van der Waals surface area contributed by atoms with Crippen LogP contribution < -0.4 is 5.73 Å². The molecule has 0 amide bonds. The van der Waals surface area contributed by atoms with Crippen molar-refractivity contribution in [3.63, 3.8) is 0 Å². The van der Waals surface area contributed by atoms with E-state index in [1.165, 1.54) is 12.1 Å². The average Bonchev–Trinajstić information content (AvgIpc) is 2.03. The van der Waals surface area contributed by atoms with Crippen molar-refractivity contribution in [2.24, 2.45) is 5.73 Å². The summed E-state index contributed by atoms with van der Waals surface area (Å²) in [5.74, 6) is -0.673. The lowest BCUT2D eigenvalue weighted by molar-refractivity contribution is 0.115. The van der Waals surface area contributed by atoms with Crippen molar-refractivity contribution < 1.29 is 13.2 Å². The van der Waals surface area contributed by atoms with E-state index in [0.29, 0.717) is 5.56 Å². The summed E-state index contributed by atoms with van der Waals surface area (Å²) in [5, 5.41) is 0. The van der Waals surface area contributed by atoms with Gasteiger partial charge in [0.15, 0.2) is 0 Å². The van der Waals surface area contributed by atoms with Gasteiger partial charge in [-0.2, -0.15) is 0 Å². The minimum atomic E-state index is -2.74. The average molecular weight is 189 g/mol. The maximum absolute atomic E-state index is 13.0. The first-order valence-corrected chi connectivity index (χ1v) is 3.82. The van der Waals surface area contributed by atoms with Crippen LogP contribution in [0.4, 0.5) is 13.2 Å². The molecule has 1 aromatic carbocycles. The maximum atomic E-state index is 13.0. The van der Waals surface area contributed by atoms with E-state index in [4.69, 9.17) is 5.73 Å². The Hall–Kier alpha value is -1.03. The molecule has 2 N–H and O–H groups in total. The highest BCUT2D eigenvalue weighted by Gasteiger charge is 2.20. The molecule has 4 heteroatoms. The Bertz CT molecular complexity index is 299. The third-order valence-corrected chi connectivity index (χ3v) is 1.79. The highest BCUT2D eigenvalue weighted by atomic mass is 19.3. The van der Waals surface area contributed by atoms with E-state index in [9.17, 15) is 13.2 Å². The van der Waals surface area contributed by atoms with E-state index < -0.39 is 18.3 Å². The quantitative estimate of drug-likeness (QED) is 0.759. The molecule has 72 valence electrons. The molecule has 0 saturated heterocycles. The van der Waals surface area contributed by atoms with Gasteiger partial charge in [0.05, 0.1) is 6.04 Å². The topological polar surface area (TPSA) is 26.0 Å². The van der Waals surface area contributed by atoms with Crippen molar-refractivity contribution in [3.05, 3.63) is 35.1 Å². The van der Waals surface area contributed by atoms with Gasteiger partial charge in [-0.3, -0.25) is 0 Å². The molecule has 0 aliphatic carbocycles. The van der Waals surface area contributed by atoms with Gasteiger partial charge in [0.2, 0.25) is 0 Å². The molecule has 0 heterocycles. The van der Waals surface area contributed by atoms with Gasteiger partial charge in [0.1, 0.15) is 5.82 Å². The normalized spacial score (nSPS) is 13.4. The van der Waals surface area contributed by atoms with Crippen LogP contribution in [0.15, 0.2) is 18.2 Å². The zero-order valence-corrected chi connectivity index (χ0v) is 7.10. The summed E-state index contributed by atoms with van der Waals surface area (Å²) in [5.41, 5.74) is 5.64. The van der Waals surface area contributed by atoms with Crippen LogP contribution in [0, 0.1) is 12.7 Å². The van der Waals surface area contributed by atoms with E-state index in [1.54, 1.807) is 13.0 Å². The summed E-state index contributed by atoms with van der Waals surface area (Å²) in [7, 11) is 0. The van der Waals surface area contributed by atoms with Gasteiger partial charge in [0.25, 0.3) is 6.43 Å². The molecule has 0 spiro atoms. The van der Waals surface area contributed by atoms with Crippen molar-refractivity contribution in [1.29, 1.82) is 0 Å². The summed E-state index contributed by atoms with van der Waals surface area (Å²) in [6, 6.07) is 2.50. The van der Waals surface area contributed by atoms with Crippen molar-refractivity contribution in [1.82, 2.24) is 0 Å². The van der Waals surface area contributed by atoms with Crippen LogP contribution in [0.3, 0.4) is 0 Å². The molecular formula is C9H10F3N. The lowest BCUT2D eigenvalue weighted by atomic mass is 10.1. The first kappa shape index (κ1) is 10.1. The van der Waals surface area contributed by atoms with E-state index in [-0.39, 0.29) is 5.56 Å². The van der Waals surface area contributed by atoms with E-state index in [2.05, 4.69) is 0 Å². The summed E-state index contributed by atoms with van der Waals surface area (Å²) in [6.07, 6.45) is -2.74. The molecule has 1 atom stereocenters. The van der Waals surface area contributed by atoms with Gasteiger partial charge in [-0.15, -0.1) is 0 Å². The number of halogens is 3. The van der Waals surface area contributed by atoms with Crippen molar-refractivity contribution >= 4 is 0 Å². The summed E-state index contributed by atoms with van der Waals surface area (Å²) >= 11 is 0. The van der Waals surface area contributed by atoms with E-state index in [1.807, 2.05) is 0 Å². The molecule has 0 saturated carbocycles. The fourth-order valence-electron chi connectivity index (χ4n) is 1.04. The number of hydrogen-bond acceptors (Lipinski definition) is 1. The molecule has 0 bridgehead atoms. The molecule has 0 unspecified atom stereocenters. The standard InChI is InChI=1S/C9H10F3N/c1-5-2-3-6(7(10)4-5)8(13)9(11)12/h2-4,8-9H,13H2,1H3/t8-/m1/s1. The summed E-state index contributed by atoms with van der Waals surface area (Å²) < 4.78 is 37.3. The Balaban J connectivity index is 3.01. The molecule has 0 aliphatic heterocycles. The zero-order chi connectivity index (χ0) is 10.0. The van der Waals surface area contributed by atoms with Crippen LogP contribution in [0.2, 0.25) is 0 Å². The molecule has 1 nitrogen and oxygen atoms in total. The molecular weight excluding hydrogens is 179 g/mol. The highest BCUT2D eigenvalue weighted by molar-refractivity contribution is 5.26. The summed E-state index contributed by atoms with van der Waals surface area (Å²) in [4.78, 5) is 0. The number of rotatable bonds is 2. The number of aryl methyl sites for hydroxylation is 1. The number of benzene rings is 1. The molecule has 0 aromatic heterocycles. The van der Waals surface area contributed by atoms with Gasteiger partial charge in [-0.25, -0.2) is 13.2 Å². The van der Waals surface area contributed by atoms with Crippen LogP contribution in [0.5, 0.6) is 0 Å². The smallest absolute Gasteiger partial charge is 0.257 e. The molecule has 1 aromatic rings. The van der Waals surface area contributed by atoms with Gasteiger partial charge >= 0.3 is 0 Å². The van der Waals surface area contributed by atoms with Gasteiger partial charge in [-0.1, -0.05) is 12.1 Å². The molecule has 1 rings (SSSR count). The first-order chi connectivity index (χ1) is 6.02. The Morgan fingerprint density at radius 1 is 1.31 bits per heavy atom. The number of alkyl halides is 2. The minimum Gasteiger partial charge on any atom is -0.319 e. The van der Waals surface area contributed by atoms with Gasteiger partial charge in [0, 0.05) is 5.56 Å². The predicted octanol–water partition coefficient (Wildman–Crippen LogP) is 2.40. The third kappa shape index (κ3) is 2.21. The first-order valence-electron chi connectivity index (χ1n) is 3.82. The largest absolute Gasteiger partial charge is 0.319 e. The lowest BCUT2D eigenvalue weighted by Crippen LogP contribution is -2.20. The second kappa shape index (κ2) is 3.79. The van der Waals surface area contributed by atoms with Crippen LogP contribution in [0.25, 0.3) is 0 Å². The van der Waals surface area contributed by atoms with Crippen molar-refractivity contribution in [3.8, 4) is 0 Å². The SMILES string of the molecule is Cc1ccc([C@@H](N)C(F)F)c(F)c1. The van der Waals surface area contributed by atoms with Gasteiger partial charge in [-0.05, 0) is 18.6 Å². The van der Waals surface area contributed by atoms with Crippen LogP contribution in [-0.4, -0.2) is 6.43 Å². The Morgan fingerprint density at radius 3 is 2.38 bits per heavy atom. The molecule has 0 aliphatic rings. The zero-order valence-electron chi connectivity index (χ0n) is 7.10. The Labute approximate surface area is 74.4 Å². The number of hydrogen-bond donors (Lipinski definition) is 1.